The Labute approximate surface area is 91.1 Å². The highest BCUT2D eigenvalue weighted by Crippen LogP contribution is 2.08. The van der Waals surface area contributed by atoms with E-state index in [-0.39, 0.29) is 5.75 Å². The highest BCUT2D eigenvalue weighted by molar-refractivity contribution is 7.89. The van der Waals surface area contributed by atoms with Gasteiger partial charge in [0.2, 0.25) is 16.4 Å². The van der Waals surface area contributed by atoms with Crippen LogP contribution in [0.1, 0.15) is 19.8 Å². The summed E-state index contributed by atoms with van der Waals surface area (Å²) >= 11 is 0. The summed E-state index contributed by atoms with van der Waals surface area (Å²) in [6.07, 6.45) is 2.36. The molecule has 0 aliphatic carbocycles. The van der Waals surface area contributed by atoms with Crippen LogP contribution in [0.15, 0.2) is 0 Å². The SMILES string of the molecule is CCCCS(=O)(=O)N1CCN(C=O)CC1. The summed E-state index contributed by atoms with van der Waals surface area (Å²) in [5.41, 5.74) is 0. The fraction of sp³-hybridized carbons (Fsp3) is 0.889. The number of amides is 1. The van der Waals surface area contributed by atoms with E-state index in [0.29, 0.717) is 32.6 Å². The van der Waals surface area contributed by atoms with Crippen molar-refractivity contribution >= 4 is 16.4 Å². The maximum Gasteiger partial charge on any atom is 0.214 e. The van der Waals surface area contributed by atoms with E-state index in [9.17, 15) is 13.2 Å². The van der Waals surface area contributed by atoms with Gasteiger partial charge in [0.25, 0.3) is 0 Å². The second-order valence-corrected chi connectivity index (χ2v) is 5.80. The van der Waals surface area contributed by atoms with Crippen molar-refractivity contribution in [3.8, 4) is 0 Å². The minimum absolute atomic E-state index is 0.227. The fourth-order valence-electron chi connectivity index (χ4n) is 1.54. The molecule has 88 valence electrons. The number of rotatable bonds is 5. The number of hydrogen-bond acceptors (Lipinski definition) is 3. The average molecular weight is 234 g/mol. The molecule has 1 fully saturated rings. The Balaban J connectivity index is 2.48. The third-order valence-electron chi connectivity index (χ3n) is 2.57. The smallest absolute Gasteiger partial charge is 0.214 e. The summed E-state index contributed by atoms with van der Waals surface area (Å²) in [5.74, 6) is 0.227. The summed E-state index contributed by atoms with van der Waals surface area (Å²) in [4.78, 5) is 12.0. The minimum atomic E-state index is -3.09. The van der Waals surface area contributed by atoms with Crippen molar-refractivity contribution in [3.05, 3.63) is 0 Å². The molecule has 1 rings (SSSR count). The standard InChI is InChI=1S/C9H18N2O3S/c1-2-3-8-15(13,14)11-6-4-10(9-12)5-7-11/h9H,2-8H2,1H3. The van der Waals surface area contributed by atoms with Gasteiger partial charge < -0.3 is 4.90 Å². The van der Waals surface area contributed by atoms with Crippen molar-refractivity contribution in [1.82, 2.24) is 9.21 Å². The lowest BCUT2D eigenvalue weighted by Crippen LogP contribution is -2.48. The van der Waals surface area contributed by atoms with Gasteiger partial charge in [0, 0.05) is 26.2 Å². The summed E-state index contributed by atoms with van der Waals surface area (Å²) in [7, 11) is -3.09. The molecule has 0 saturated carbocycles. The third-order valence-corrected chi connectivity index (χ3v) is 4.53. The lowest BCUT2D eigenvalue weighted by Gasteiger charge is -2.31. The van der Waals surface area contributed by atoms with Crippen LogP contribution in [0, 0.1) is 0 Å². The number of hydrogen-bond donors (Lipinski definition) is 0. The Morgan fingerprint density at radius 3 is 2.27 bits per heavy atom. The quantitative estimate of drug-likeness (QED) is 0.624. The molecule has 0 atom stereocenters. The van der Waals surface area contributed by atoms with Gasteiger partial charge in [-0.05, 0) is 6.42 Å². The van der Waals surface area contributed by atoms with Gasteiger partial charge in [-0.2, -0.15) is 4.31 Å². The first kappa shape index (κ1) is 12.4. The summed E-state index contributed by atoms with van der Waals surface area (Å²) in [6.45, 7) is 3.86. The predicted molar refractivity (Wildman–Crippen MR) is 57.9 cm³/mol. The van der Waals surface area contributed by atoms with Crippen LogP contribution in [-0.4, -0.2) is 56.0 Å². The molecule has 6 heteroatoms. The topological polar surface area (TPSA) is 57.7 Å². The van der Waals surface area contributed by atoms with Crippen LogP contribution in [0.2, 0.25) is 0 Å². The zero-order valence-electron chi connectivity index (χ0n) is 9.05. The fourth-order valence-corrected chi connectivity index (χ4v) is 3.17. The highest BCUT2D eigenvalue weighted by atomic mass is 32.2. The van der Waals surface area contributed by atoms with Crippen molar-refractivity contribution in [3.63, 3.8) is 0 Å². The number of sulfonamides is 1. The molecule has 0 spiro atoms. The highest BCUT2D eigenvalue weighted by Gasteiger charge is 2.25. The minimum Gasteiger partial charge on any atom is -0.343 e. The molecule has 0 aromatic rings. The molecule has 1 aliphatic rings. The first-order chi connectivity index (χ1) is 7.10. The Hall–Kier alpha value is -0.620. The number of unbranched alkanes of at least 4 members (excludes halogenated alkanes) is 1. The van der Waals surface area contributed by atoms with Crippen LogP contribution >= 0.6 is 0 Å². The second kappa shape index (κ2) is 5.46. The van der Waals surface area contributed by atoms with Gasteiger partial charge in [-0.1, -0.05) is 13.3 Å². The largest absolute Gasteiger partial charge is 0.343 e. The van der Waals surface area contributed by atoms with Crippen LogP contribution in [0.4, 0.5) is 0 Å². The third kappa shape index (κ3) is 3.46. The van der Waals surface area contributed by atoms with E-state index in [1.54, 1.807) is 4.90 Å². The Morgan fingerprint density at radius 2 is 1.80 bits per heavy atom. The predicted octanol–water partition coefficient (Wildman–Crippen LogP) is -0.110. The summed E-state index contributed by atoms with van der Waals surface area (Å²) < 4.78 is 25.0. The first-order valence-electron chi connectivity index (χ1n) is 5.27. The molecule has 0 N–H and O–H groups in total. The second-order valence-electron chi connectivity index (χ2n) is 3.71. The molecule has 0 unspecified atom stereocenters. The summed E-state index contributed by atoms with van der Waals surface area (Å²) in [5, 5.41) is 0. The van der Waals surface area contributed by atoms with E-state index in [1.807, 2.05) is 6.92 Å². The van der Waals surface area contributed by atoms with Gasteiger partial charge in [-0.15, -0.1) is 0 Å². The molecule has 5 nitrogen and oxygen atoms in total. The van der Waals surface area contributed by atoms with Gasteiger partial charge in [-0.25, -0.2) is 8.42 Å². The molecular weight excluding hydrogens is 216 g/mol. The van der Waals surface area contributed by atoms with E-state index in [4.69, 9.17) is 0 Å². The van der Waals surface area contributed by atoms with E-state index >= 15 is 0 Å². The monoisotopic (exact) mass is 234 g/mol. The Bertz CT molecular complexity index is 294. The molecular formula is C9H18N2O3S. The maximum absolute atomic E-state index is 11.8. The van der Waals surface area contributed by atoms with Gasteiger partial charge in [0.1, 0.15) is 0 Å². The Morgan fingerprint density at radius 1 is 1.20 bits per heavy atom. The lowest BCUT2D eigenvalue weighted by atomic mass is 10.4. The van der Waals surface area contributed by atoms with Crippen molar-refractivity contribution < 1.29 is 13.2 Å². The van der Waals surface area contributed by atoms with Crippen molar-refractivity contribution in [1.29, 1.82) is 0 Å². The molecule has 0 aromatic carbocycles. The average Bonchev–Trinajstić information content (AvgIpc) is 2.26. The molecule has 1 amide bonds. The molecule has 1 saturated heterocycles. The normalized spacial score (nSPS) is 19.1. The van der Waals surface area contributed by atoms with E-state index in [0.717, 1.165) is 12.8 Å². The maximum atomic E-state index is 11.8. The van der Waals surface area contributed by atoms with E-state index in [2.05, 4.69) is 0 Å². The molecule has 0 aromatic heterocycles. The number of carbonyl (C=O) groups is 1. The van der Waals surface area contributed by atoms with Crippen LogP contribution in [0.3, 0.4) is 0 Å². The van der Waals surface area contributed by atoms with Gasteiger partial charge in [0.05, 0.1) is 5.75 Å². The first-order valence-corrected chi connectivity index (χ1v) is 6.88. The lowest BCUT2D eigenvalue weighted by molar-refractivity contribution is -0.119. The molecule has 1 heterocycles. The van der Waals surface area contributed by atoms with Crippen molar-refractivity contribution in [2.45, 2.75) is 19.8 Å². The van der Waals surface area contributed by atoms with Gasteiger partial charge in [-0.3, -0.25) is 4.79 Å². The van der Waals surface area contributed by atoms with Crippen LogP contribution in [0.5, 0.6) is 0 Å². The zero-order chi connectivity index (χ0) is 11.3. The van der Waals surface area contributed by atoms with Crippen LogP contribution < -0.4 is 0 Å². The van der Waals surface area contributed by atoms with Crippen LogP contribution in [-0.2, 0) is 14.8 Å². The van der Waals surface area contributed by atoms with Crippen molar-refractivity contribution in [2.75, 3.05) is 31.9 Å². The number of nitrogens with zero attached hydrogens (tertiary/aromatic N) is 2. The molecule has 0 bridgehead atoms. The molecule has 1 aliphatic heterocycles. The number of carbonyl (C=O) groups excluding carboxylic acids is 1. The van der Waals surface area contributed by atoms with Crippen molar-refractivity contribution in [2.24, 2.45) is 0 Å². The molecule has 0 radical (unpaired) electrons. The Kier molecular flexibility index (Phi) is 4.53. The van der Waals surface area contributed by atoms with Gasteiger partial charge >= 0.3 is 0 Å². The van der Waals surface area contributed by atoms with E-state index < -0.39 is 10.0 Å². The summed E-state index contributed by atoms with van der Waals surface area (Å²) in [6, 6.07) is 0. The van der Waals surface area contributed by atoms with Gasteiger partial charge in [0.15, 0.2) is 0 Å². The molecule has 15 heavy (non-hydrogen) atoms. The van der Waals surface area contributed by atoms with Crippen LogP contribution in [0.25, 0.3) is 0 Å². The van der Waals surface area contributed by atoms with E-state index in [1.165, 1.54) is 4.31 Å². The zero-order valence-corrected chi connectivity index (χ0v) is 9.87. The number of piperazine rings is 1.